The molecule has 1 fully saturated rings. The summed E-state index contributed by atoms with van der Waals surface area (Å²) in [5, 5.41) is 12.4. The van der Waals surface area contributed by atoms with Gasteiger partial charge in [-0.05, 0) is 55.6 Å². The second-order valence-corrected chi connectivity index (χ2v) is 10.4. The molecule has 244 valence electrons. The molecule has 3 aromatic heterocycles. The summed E-state index contributed by atoms with van der Waals surface area (Å²) in [6.07, 6.45) is -14.2. The number of halogens is 9. The van der Waals surface area contributed by atoms with Crippen molar-refractivity contribution >= 4 is 6.16 Å². The van der Waals surface area contributed by atoms with Crippen LogP contribution in [0.2, 0.25) is 0 Å². The van der Waals surface area contributed by atoms with Crippen LogP contribution in [0.25, 0.3) is 28.3 Å². The Kier molecular flexibility index (Phi) is 8.72. The largest absolute Gasteiger partial charge is 0.511 e. The van der Waals surface area contributed by atoms with Crippen LogP contribution in [-0.2, 0) is 12.4 Å². The van der Waals surface area contributed by atoms with Gasteiger partial charge < -0.3 is 9.84 Å². The summed E-state index contributed by atoms with van der Waals surface area (Å²) >= 11 is 0. The predicted molar refractivity (Wildman–Crippen MR) is 143 cm³/mol. The Labute approximate surface area is 254 Å². The van der Waals surface area contributed by atoms with Crippen molar-refractivity contribution in [1.82, 2.24) is 24.6 Å². The molecule has 0 atom stereocenters. The number of carboxylic acid groups (broad SMARTS) is 1. The molecule has 1 aliphatic heterocycles. The van der Waals surface area contributed by atoms with Crippen molar-refractivity contribution in [3.05, 3.63) is 77.7 Å². The number of piperidine rings is 1. The van der Waals surface area contributed by atoms with E-state index in [-0.39, 0.29) is 40.6 Å². The van der Waals surface area contributed by atoms with Crippen LogP contribution in [0.1, 0.15) is 35.6 Å². The van der Waals surface area contributed by atoms with Crippen LogP contribution < -0.4 is 4.74 Å². The summed E-state index contributed by atoms with van der Waals surface area (Å²) in [5.41, 5.74) is -1.93. The molecule has 1 aliphatic rings. The summed E-state index contributed by atoms with van der Waals surface area (Å²) in [6, 6.07) is 10.9. The van der Waals surface area contributed by atoms with Gasteiger partial charge in [-0.3, -0.25) is 9.88 Å². The second kappa shape index (κ2) is 12.3. The van der Waals surface area contributed by atoms with E-state index in [0.29, 0.717) is 30.8 Å². The lowest BCUT2D eigenvalue weighted by atomic mass is 9.88. The average molecular weight is 660 g/mol. The van der Waals surface area contributed by atoms with Gasteiger partial charge in [0.1, 0.15) is 0 Å². The van der Waals surface area contributed by atoms with Gasteiger partial charge in [-0.1, -0.05) is 30.3 Å². The topological polar surface area (TPSA) is 93.4 Å². The first kappa shape index (κ1) is 32.7. The Hall–Kier alpha value is -4.67. The fourth-order valence-electron chi connectivity index (χ4n) is 5.26. The monoisotopic (exact) mass is 659 g/mol. The molecule has 1 aromatic carbocycles. The van der Waals surface area contributed by atoms with Crippen LogP contribution in [0.15, 0.2) is 60.9 Å². The van der Waals surface area contributed by atoms with Crippen LogP contribution in [-0.4, -0.2) is 61.7 Å². The van der Waals surface area contributed by atoms with Crippen molar-refractivity contribution in [2.45, 2.75) is 37.3 Å². The van der Waals surface area contributed by atoms with Gasteiger partial charge >= 0.3 is 24.7 Å². The number of hydrogen-bond acceptors (Lipinski definition) is 6. The van der Waals surface area contributed by atoms with E-state index in [0.717, 1.165) is 17.7 Å². The smallest absolute Gasteiger partial charge is 0.449 e. The molecular formula is C29H22F9N5O3. The Morgan fingerprint density at radius 1 is 0.913 bits per heavy atom. The van der Waals surface area contributed by atoms with Crippen LogP contribution >= 0.6 is 0 Å². The minimum Gasteiger partial charge on any atom is -0.449 e. The van der Waals surface area contributed by atoms with Gasteiger partial charge in [0.05, 0.1) is 29.7 Å². The van der Waals surface area contributed by atoms with E-state index in [1.165, 1.54) is 17.0 Å². The molecule has 1 N–H and O–H groups in total. The quantitative estimate of drug-likeness (QED) is 0.167. The van der Waals surface area contributed by atoms with Crippen molar-refractivity contribution in [3.63, 3.8) is 0 Å². The highest BCUT2D eigenvalue weighted by Gasteiger charge is 2.41. The molecule has 17 heteroatoms. The second-order valence-electron chi connectivity index (χ2n) is 10.4. The zero-order chi connectivity index (χ0) is 33.4. The maximum absolute atomic E-state index is 13.9. The minimum atomic E-state index is -5.15. The SMILES string of the molecule is O=C(O)Oc1cnn(-c2cccc(-c3cc(C(F)(F)F)cnc3-c3ccc(C4CCN(CC(F)(F)F)CC4)cc3)n2)c1C(F)(F)F. The van der Waals surface area contributed by atoms with Crippen LogP contribution in [0.4, 0.5) is 44.3 Å². The Morgan fingerprint density at radius 2 is 1.59 bits per heavy atom. The first-order valence-electron chi connectivity index (χ1n) is 13.5. The zero-order valence-electron chi connectivity index (χ0n) is 23.3. The molecule has 0 spiro atoms. The summed E-state index contributed by atoms with van der Waals surface area (Å²) in [5.74, 6) is -1.66. The summed E-state index contributed by atoms with van der Waals surface area (Å²) in [6.45, 7) is -0.505. The first-order chi connectivity index (χ1) is 21.5. The minimum absolute atomic E-state index is 0.0237. The third kappa shape index (κ3) is 7.41. The lowest BCUT2D eigenvalue weighted by Crippen LogP contribution is -2.39. The first-order valence-corrected chi connectivity index (χ1v) is 13.5. The molecule has 8 nitrogen and oxygen atoms in total. The van der Waals surface area contributed by atoms with Crippen molar-refractivity contribution in [3.8, 4) is 34.1 Å². The number of aromatic nitrogens is 4. The molecule has 0 saturated carbocycles. The van der Waals surface area contributed by atoms with Crippen molar-refractivity contribution < 1.29 is 54.2 Å². The third-order valence-electron chi connectivity index (χ3n) is 7.29. The lowest BCUT2D eigenvalue weighted by molar-refractivity contribution is -0.148. The zero-order valence-corrected chi connectivity index (χ0v) is 23.3. The van der Waals surface area contributed by atoms with Crippen molar-refractivity contribution in [2.75, 3.05) is 19.6 Å². The van der Waals surface area contributed by atoms with E-state index in [1.54, 1.807) is 24.3 Å². The van der Waals surface area contributed by atoms with Gasteiger partial charge in [0, 0.05) is 17.3 Å². The van der Waals surface area contributed by atoms with E-state index >= 15 is 0 Å². The number of carbonyl (C=O) groups is 1. The molecule has 46 heavy (non-hydrogen) atoms. The number of likely N-dealkylation sites (tertiary alicyclic amines) is 1. The Balaban J connectivity index is 1.50. The van der Waals surface area contributed by atoms with Crippen molar-refractivity contribution in [2.24, 2.45) is 0 Å². The fraction of sp³-hybridized carbons (Fsp3) is 0.310. The van der Waals surface area contributed by atoms with E-state index in [4.69, 9.17) is 5.11 Å². The highest BCUT2D eigenvalue weighted by atomic mass is 19.4. The predicted octanol–water partition coefficient (Wildman–Crippen LogP) is 7.83. The third-order valence-corrected chi connectivity index (χ3v) is 7.29. The molecule has 0 unspecified atom stereocenters. The number of rotatable bonds is 6. The van der Waals surface area contributed by atoms with Gasteiger partial charge in [0.2, 0.25) is 0 Å². The molecule has 0 radical (unpaired) electrons. The summed E-state index contributed by atoms with van der Waals surface area (Å²) < 4.78 is 125. The number of ether oxygens (including phenoxy) is 1. The van der Waals surface area contributed by atoms with Crippen molar-refractivity contribution in [1.29, 1.82) is 0 Å². The maximum atomic E-state index is 13.9. The molecular weight excluding hydrogens is 637 g/mol. The maximum Gasteiger partial charge on any atom is 0.511 e. The lowest BCUT2D eigenvalue weighted by Gasteiger charge is -2.32. The molecule has 0 aliphatic carbocycles. The number of pyridine rings is 2. The average Bonchev–Trinajstić information content (AvgIpc) is 3.40. The molecule has 1 saturated heterocycles. The van der Waals surface area contributed by atoms with Gasteiger partial charge in [0.25, 0.3) is 0 Å². The van der Waals surface area contributed by atoms with Crippen LogP contribution in [0.5, 0.6) is 5.75 Å². The number of nitrogens with zero attached hydrogens (tertiary/aromatic N) is 5. The number of hydrogen-bond donors (Lipinski definition) is 1. The summed E-state index contributed by atoms with van der Waals surface area (Å²) in [4.78, 5) is 20.4. The Morgan fingerprint density at radius 3 is 2.17 bits per heavy atom. The van der Waals surface area contributed by atoms with Gasteiger partial charge in [0.15, 0.2) is 17.3 Å². The highest BCUT2D eigenvalue weighted by molar-refractivity contribution is 5.80. The standard InChI is InChI=1S/C29H22F9N5O3/c30-27(31,32)15-42-10-8-17(9-11-42)16-4-6-18(7-5-16)24-20(12-19(13-39-24)28(33,34)35)21-2-1-3-23(41-21)43-25(29(36,37)38)22(14-40-43)46-26(44)45/h1-7,12-14,17H,8-11,15H2,(H,44,45). The molecule has 4 aromatic rings. The van der Waals surface area contributed by atoms with Gasteiger partial charge in [-0.2, -0.15) is 44.6 Å². The van der Waals surface area contributed by atoms with E-state index in [2.05, 4.69) is 19.8 Å². The summed E-state index contributed by atoms with van der Waals surface area (Å²) in [7, 11) is 0. The number of alkyl halides is 9. The molecule has 0 bridgehead atoms. The normalized spacial score (nSPS) is 15.2. The van der Waals surface area contributed by atoms with Gasteiger partial charge in [-0.15, -0.1) is 0 Å². The highest BCUT2D eigenvalue weighted by Crippen LogP contribution is 2.40. The molecule has 5 rings (SSSR count). The van der Waals surface area contributed by atoms with Crippen LogP contribution in [0, 0.1) is 0 Å². The van der Waals surface area contributed by atoms with Crippen LogP contribution in [0.3, 0.4) is 0 Å². The van der Waals surface area contributed by atoms with E-state index < -0.39 is 54.1 Å². The van der Waals surface area contributed by atoms with Gasteiger partial charge in [-0.25, -0.2) is 14.5 Å². The number of benzene rings is 1. The molecule has 0 amide bonds. The fourth-order valence-corrected chi connectivity index (χ4v) is 5.26. The van der Waals surface area contributed by atoms with E-state index in [1.807, 2.05) is 0 Å². The Bertz CT molecular complexity index is 1710. The van der Waals surface area contributed by atoms with E-state index in [9.17, 15) is 44.3 Å². The molecule has 4 heterocycles.